The first-order valence-electron chi connectivity index (χ1n) is 9.19. The Kier molecular flexibility index (Phi) is 6.53. The quantitative estimate of drug-likeness (QED) is 0.638. The van der Waals surface area contributed by atoms with Crippen molar-refractivity contribution in [1.82, 2.24) is 19.4 Å². The Morgan fingerprint density at radius 2 is 2.13 bits per heavy atom. The zero-order valence-electron chi connectivity index (χ0n) is 16.5. The Morgan fingerprint density at radius 3 is 2.74 bits per heavy atom. The summed E-state index contributed by atoms with van der Waals surface area (Å²) >= 11 is 0. The molecule has 0 saturated carbocycles. The number of aromatic nitrogens is 2. The number of benzene rings is 1. The van der Waals surface area contributed by atoms with E-state index >= 15 is 0 Å². The second kappa shape index (κ2) is 8.81. The van der Waals surface area contributed by atoms with E-state index in [0.29, 0.717) is 0 Å². The van der Waals surface area contributed by atoms with E-state index in [1.807, 2.05) is 0 Å². The third kappa shape index (κ3) is 5.51. The lowest BCUT2D eigenvalue weighted by molar-refractivity contribution is -0.137. The van der Waals surface area contributed by atoms with Crippen LogP contribution < -0.4 is 4.72 Å². The Labute approximate surface area is 177 Å². The number of carbonyl (C=O) groups is 1. The molecule has 0 unspecified atom stereocenters. The second-order valence-electron chi connectivity index (χ2n) is 7.07. The topological polar surface area (TPSA) is 93.5 Å². The van der Waals surface area contributed by atoms with Crippen LogP contribution in [0.5, 0.6) is 0 Å². The fourth-order valence-electron chi connectivity index (χ4n) is 3.21. The van der Waals surface area contributed by atoms with Gasteiger partial charge in [-0.05, 0) is 23.8 Å². The number of sulfonamides is 1. The molecule has 1 aliphatic heterocycles. The van der Waals surface area contributed by atoms with Crippen molar-refractivity contribution in [2.24, 2.45) is 7.05 Å². The number of aryl methyl sites for hydroxylation is 1. The highest BCUT2D eigenvalue weighted by Crippen LogP contribution is 2.30. The standard InChI is InChI=1S/C19H21F3N4O4S/c1-3-18(27)26-10-16(24-31(28,29)15-8-23-25(2)9-15)17(11-26)30-12-13-5-4-6-14(7-13)19(20,21)22/h3-9,16-17,24H,1,10-12H2,2H3/t16-,17-/m1/s1. The van der Waals surface area contributed by atoms with Crippen molar-refractivity contribution in [3.8, 4) is 0 Å². The van der Waals surface area contributed by atoms with E-state index in [4.69, 9.17) is 4.74 Å². The molecule has 168 valence electrons. The van der Waals surface area contributed by atoms with Gasteiger partial charge in [-0.15, -0.1) is 0 Å². The third-order valence-corrected chi connectivity index (χ3v) is 6.21. The van der Waals surface area contributed by atoms with E-state index < -0.39 is 39.8 Å². The predicted molar refractivity (Wildman–Crippen MR) is 104 cm³/mol. The molecule has 1 aliphatic rings. The number of nitrogens with one attached hydrogen (secondary N) is 1. The normalized spacial score (nSPS) is 19.5. The Morgan fingerprint density at radius 1 is 1.39 bits per heavy atom. The molecule has 0 bridgehead atoms. The minimum absolute atomic E-state index is 0.0254. The highest BCUT2D eigenvalue weighted by atomic mass is 32.2. The Bertz CT molecular complexity index is 1070. The number of nitrogens with zero attached hydrogens (tertiary/aromatic N) is 3. The van der Waals surface area contributed by atoms with Crippen LogP contribution in [0, 0.1) is 0 Å². The molecule has 12 heteroatoms. The molecule has 2 heterocycles. The third-order valence-electron chi connectivity index (χ3n) is 4.77. The first kappa shape index (κ1) is 23.0. The number of likely N-dealkylation sites (tertiary alicyclic amines) is 1. The van der Waals surface area contributed by atoms with E-state index in [1.54, 1.807) is 7.05 Å². The second-order valence-corrected chi connectivity index (χ2v) is 8.79. The fourth-order valence-corrected chi connectivity index (χ4v) is 4.45. The van der Waals surface area contributed by atoms with E-state index in [-0.39, 0.29) is 30.2 Å². The lowest BCUT2D eigenvalue weighted by atomic mass is 10.1. The maximum atomic E-state index is 12.9. The molecular formula is C19H21F3N4O4S. The molecule has 0 radical (unpaired) electrons. The van der Waals surface area contributed by atoms with Crippen LogP contribution in [-0.4, -0.2) is 54.2 Å². The molecule has 1 amide bonds. The SMILES string of the molecule is C=CC(=O)N1C[C@@H](NS(=O)(=O)c2cnn(C)c2)[C@H](OCc2cccc(C(F)(F)F)c2)C1. The van der Waals surface area contributed by atoms with Crippen LogP contribution in [0.25, 0.3) is 0 Å². The lowest BCUT2D eigenvalue weighted by Gasteiger charge is -2.20. The zero-order valence-corrected chi connectivity index (χ0v) is 17.4. The molecule has 0 spiro atoms. The zero-order chi connectivity index (χ0) is 22.8. The minimum Gasteiger partial charge on any atom is -0.370 e. The van der Waals surface area contributed by atoms with Crippen LogP contribution in [-0.2, 0) is 39.4 Å². The molecule has 2 aromatic rings. The van der Waals surface area contributed by atoms with Gasteiger partial charge in [0.2, 0.25) is 15.9 Å². The van der Waals surface area contributed by atoms with Crippen molar-refractivity contribution in [3.63, 3.8) is 0 Å². The molecule has 1 fully saturated rings. The smallest absolute Gasteiger partial charge is 0.370 e. The van der Waals surface area contributed by atoms with Gasteiger partial charge in [-0.25, -0.2) is 13.1 Å². The summed E-state index contributed by atoms with van der Waals surface area (Å²) < 4.78 is 73.6. The summed E-state index contributed by atoms with van der Waals surface area (Å²) in [6.45, 7) is 3.32. The Balaban J connectivity index is 1.76. The molecular weight excluding hydrogens is 437 g/mol. The number of ether oxygens (including phenoxy) is 1. The van der Waals surface area contributed by atoms with Crippen LogP contribution >= 0.6 is 0 Å². The van der Waals surface area contributed by atoms with Gasteiger partial charge in [0.15, 0.2) is 0 Å². The molecule has 31 heavy (non-hydrogen) atoms. The Hall–Kier alpha value is -2.70. The molecule has 1 N–H and O–H groups in total. The maximum Gasteiger partial charge on any atom is 0.416 e. The van der Waals surface area contributed by atoms with Gasteiger partial charge in [0.25, 0.3) is 0 Å². The van der Waals surface area contributed by atoms with E-state index in [9.17, 15) is 26.4 Å². The fraction of sp³-hybridized carbons (Fsp3) is 0.368. The van der Waals surface area contributed by atoms with Crippen molar-refractivity contribution in [1.29, 1.82) is 0 Å². The van der Waals surface area contributed by atoms with Crippen molar-refractivity contribution in [2.75, 3.05) is 13.1 Å². The van der Waals surface area contributed by atoms with E-state index in [2.05, 4.69) is 16.4 Å². The summed E-state index contributed by atoms with van der Waals surface area (Å²) in [4.78, 5) is 13.3. The van der Waals surface area contributed by atoms with Gasteiger partial charge >= 0.3 is 6.18 Å². The van der Waals surface area contributed by atoms with Crippen molar-refractivity contribution in [3.05, 3.63) is 60.4 Å². The molecule has 0 aliphatic carbocycles. The molecule has 1 aromatic heterocycles. The number of hydrogen-bond acceptors (Lipinski definition) is 5. The van der Waals surface area contributed by atoms with E-state index in [0.717, 1.165) is 18.2 Å². The molecule has 1 aromatic carbocycles. The monoisotopic (exact) mass is 458 g/mol. The number of halogens is 3. The van der Waals surface area contributed by atoms with Crippen LogP contribution in [0.2, 0.25) is 0 Å². The van der Waals surface area contributed by atoms with E-state index in [1.165, 1.54) is 34.1 Å². The van der Waals surface area contributed by atoms with Gasteiger partial charge in [-0.1, -0.05) is 18.7 Å². The minimum atomic E-state index is -4.49. The van der Waals surface area contributed by atoms with Crippen molar-refractivity contribution in [2.45, 2.75) is 29.8 Å². The summed E-state index contributed by atoms with van der Waals surface area (Å²) in [5.74, 6) is -0.407. The first-order valence-corrected chi connectivity index (χ1v) is 10.7. The number of hydrogen-bond donors (Lipinski definition) is 1. The summed E-state index contributed by atoms with van der Waals surface area (Å²) in [5.41, 5.74) is -0.533. The number of amides is 1. The average Bonchev–Trinajstić information content (AvgIpc) is 3.32. The van der Waals surface area contributed by atoms with Gasteiger partial charge in [0, 0.05) is 26.3 Å². The molecule has 8 nitrogen and oxygen atoms in total. The van der Waals surface area contributed by atoms with Gasteiger partial charge in [0.05, 0.1) is 30.5 Å². The molecule has 2 atom stereocenters. The maximum absolute atomic E-state index is 12.9. The summed E-state index contributed by atoms with van der Waals surface area (Å²) in [6, 6.07) is 3.86. The largest absolute Gasteiger partial charge is 0.416 e. The first-order chi connectivity index (χ1) is 14.5. The van der Waals surface area contributed by atoms with Gasteiger partial charge in [-0.2, -0.15) is 18.3 Å². The van der Waals surface area contributed by atoms with Gasteiger partial charge in [0.1, 0.15) is 4.90 Å². The van der Waals surface area contributed by atoms with Crippen LogP contribution in [0.3, 0.4) is 0 Å². The van der Waals surface area contributed by atoms with Gasteiger partial charge < -0.3 is 9.64 Å². The number of rotatable bonds is 7. The molecule has 3 rings (SSSR count). The van der Waals surface area contributed by atoms with Crippen molar-refractivity contribution >= 4 is 15.9 Å². The number of carbonyl (C=O) groups excluding carboxylic acids is 1. The predicted octanol–water partition coefficient (Wildman–Crippen LogP) is 1.70. The highest BCUT2D eigenvalue weighted by molar-refractivity contribution is 7.89. The van der Waals surface area contributed by atoms with Crippen LogP contribution in [0.4, 0.5) is 13.2 Å². The van der Waals surface area contributed by atoms with Crippen LogP contribution in [0.1, 0.15) is 11.1 Å². The summed E-state index contributed by atoms with van der Waals surface area (Å²) in [6.07, 6.45) is -1.66. The number of alkyl halides is 3. The average molecular weight is 458 g/mol. The van der Waals surface area contributed by atoms with Crippen molar-refractivity contribution < 1.29 is 31.1 Å². The highest BCUT2D eigenvalue weighted by Gasteiger charge is 2.38. The molecule has 1 saturated heterocycles. The lowest BCUT2D eigenvalue weighted by Crippen LogP contribution is -2.43. The van der Waals surface area contributed by atoms with Gasteiger partial charge in [-0.3, -0.25) is 9.48 Å². The summed E-state index contributed by atoms with van der Waals surface area (Å²) in [5, 5.41) is 3.83. The summed E-state index contributed by atoms with van der Waals surface area (Å²) in [7, 11) is -2.38. The van der Waals surface area contributed by atoms with Crippen LogP contribution in [0.15, 0.2) is 54.2 Å².